The zero-order valence-corrected chi connectivity index (χ0v) is 10.1. The van der Waals surface area contributed by atoms with Crippen LogP contribution < -0.4 is 5.73 Å². The van der Waals surface area contributed by atoms with E-state index in [2.05, 4.69) is 0 Å². The fourth-order valence-corrected chi connectivity index (χ4v) is 2.67. The first-order valence-electron chi connectivity index (χ1n) is 5.34. The summed E-state index contributed by atoms with van der Waals surface area (Å²) in [6.45, 7) is 0.801. The molecule has 0 saturated heterocycles. The highest BCUT2D eigenvalue weighted by Gasteiger charge is 2.29. The Bertz CT molecular complexity index is 349. The van der Waals surface area contributed by atoms with E-state index in [-0.39, 0.29) is 0 Å². The molecule has 2 N–H and O–H groups in total. The number of nitrogens with two attached hydrogens (primary N) is 1. The quantitative estimate of drug-likeness (QED) is 0.864. The number of rotatable bonds is 3. The summed E-state index contributed by atoms with van der Waals surface area (Å²) in [4.78, 5) is 0. The number of hydrogen-bond donors (Lipinski definition) is 1. The molecule has 3 heteroatoms. The van der Waals surface area contributed by atoms with E-state index in [0.717, 1.165) is 18.0 Å². The minimum absolute atomic E-state index is 0.691. The molecule has 1 nitrogen and oxygen atoms in total. The molecule has 0 aliphatic heterocycles. The van der Waals surface area contributed by atoms with Crippen molar-refractivity contribution in [3.05, 3.63) is 33.8 Å². The third-order valence-corrected chi connectivity index (χ3v) is 3.96. The Morgan fingerprint density at radius 2 is 1.93 bits per heavy atom. The molecule has 2 unspecified atom stereocenters. The summed E-state index contributed by atoms with van der Waals surface area (Å²) < 4.78 is 0. The summed E-state index contributed by atoms with van der Waals surface area (Å²) in [5.41, 5.74) is 6.88. The number of benzene rings is 1. The zero-order valence-electron chi connectivity index (χ0n) is 8.55. The van der Waals surface area contributed by atoms with Gasteiger partial charge in [-0.2, -0.15) is 0 Å². The van der Waals surface area contributed by atoms with Gasteiger partial charge in [-0.1, -0.05) is 29.3 Å². The lowest BCUT2D eigenvalue weighted by Crippen LogP contribution is -2.33. The van der Waals surface area contributed by atoms with E-state index in [9.17, 15) is 0 Å². The van der Waals surface area contributed by atoms with Gasteiger partial charge >= 0.3 is 0 Å². The summed E-state index contributed by atoms with van der Waals surface area (Å²) in [6.07, 6.45) is 3.59. The average Bonchev–Trinajstić information content (AvgIpc) is 2.15. The maximum Gasteiger partial charge on any atom is 0.0452 e. The van der Waals surface area contributed by atoms with E-state index in [1.807, 2.05) is 18.2 Å². The zero-order chi connectivity index (χ0) is 10.8. The van der Waals surface area contributed by atoms with Crippen LogP contribution in [0.4, 0.5) is 0 Å². The van der Waals surface area contributed by atoms with Gasteiger partial charge in [0.25, 0.3) is 0 Å². The Morgan fingerprint density at radius 3 is 2.47 bits per heavy atom. The van der Waals surface area contributed by atoms with E-state index in [1.54, 1.807) is 0 Å². The third-order valence-electron chi connectivity index (χ3n) is 3.37. The fourth-order valence-electron chi connectivity index (χ4n) is 2.19. The van der Waals surface area contributed by atoms with Crippen molar-refractivity contribution in [2.24, 2.45) is 17.6 Å². The first-order valence-corrected chi connectivity index (χ1v) is 6.10. The van der Waals surface area contributed by atoms with Gasteiger partial charge in [-0.15, -0.1) is 0 Å². The highest BCUT2D eigenvalue weighted by atomic mass is 35.5. The third kappa shape index (κ3) is 2.47. The van der Waals surface area contributed by atoms with Gasteiger partial charge in [0.1, 0.15) is 0 Å². The van der Waals surface area contributed by atoms with Crippen LogP contribution in [0.5, 0.6) is 0 Å². The van der Waals surface area contributed by atoms with Crippen LogP contribution >= 0.6 is 23.2 Å². The van der Waals surface area contributed by atoms with E-state index in [1.165, 1.54) is 18.4 Å². The number of halogens is 2. The minimum Gasteiger partial charge on any atom is -0.330 e. The summed E-state index contributed by atoms with van der Waals surface area (Å²) in [5, 5.41) is 1.48. The minimum atomic E-state index is 0.691. The van der Waals surface area contributed by atoms with Crippen LogP contribution in [-0.2, 0) is 6.42 Å². The van der Waals surface area contributed by atoms with Gasteiger partial charge in [-0.25, -0.2) is 0 Å². The molecule has 1 saturated carbocycles. The van der Waals surface area contributed by atoms with Crippen molar-refractivity contribution in [1.29, 1.82) is 0 Å². The van der Waals surface area contributed by atoms with Crippen LogP contribution in [0.1, 0.15) is 18.4 Å². The van der Waals surface area contributed by atoms with E-state index < -0.39 is 0 Å². The Morgan fingerprint density at radius 1 is 1.20 bits per heavy atom. The highest BCUT2D eigenvalue weighted by Crippen LogP contribution is 2.37. The van der Waals surface area contributed by atoms with Crippen molar-refractivity contribution >= 4 is 23.2 Å². The van der Waals surface area contributed by atoms with Crippen LogP contribution in [-0.4, -0.2) is 6.54 Å². The summed E-state index contributed by atoms with van der Waals surface area (Å²) in [5.74, 6) is 1.41. The molecular formula is C12H15Cl2N. The molecule has 0 spiro atoms. The normalized spacial score (nSPS) is 25.0. The maximum absolute atomic E-state index is 6.13. The van der Waals surface area contributed by atoms with Crippen molar-refractivity contribution in [1.82, 2.24) is 0 Å². The average molecular weight is 244 g/mol. The van der Waals surface area contributed by atoms with Crippen molar-refractivity contribution in [3.63, 3.8) is 0 Å². The van der Waals surface area contributed by atoms with Crippen molar-refractivity contribution in [2.75, 3.05) is 6.54 Å². The van der Waals surface area contributed by atoms with Crippen LogP contribution in [0.2, 0.25) is 10.0 Å². The molecule has 0 bridgehead atoms. The van der Waals surface area contributed by atoms with Crippen molar-refractivity contribution < 1.29 is 0 Å². The molecule has 2 rings (SSSR count). The van der Waals surface area contributed by atoms with Gasteiger partial charge < -0.3 is 5.73 Å². The van der Waals surface area contributed by atoms with Crippen LogP contribution in [0.15, 0.2) is 18.2 Å². The Hall–Kier alpha value is -0.240. The van der Waals surface area contributed by atoms with E-state index in [4.69, 9.17) is 28.9 Å². The molecule has 1 fully saturated rings. The van der Waals surface area contributed by atoms with Gasteiger partial charge in [-0.05, 0) is 55.3 Å². The fraction of sp³-hybridized carbons (Fsp3) is 0.500. The summed E-state index contributed by atoms with van der Waals surface area (Å²) in [7, 11) is 0. The summed E-state index contributed by atoms with van der Waals surface area (Å²) >= 11 is 12.0. The van der Waals surface area contributed by atoms with Gasteiger partial charge in [-0.3, -0.25) is 0 Å². The standard InChI is InChI=1S/C12H15Cl2N/c13-11-4-3-9(12(14)6-11)5-8-1-2-10(8)7-15/h3-4,6,8,10H,1-2,5,7,15H2. The van der Waals surface area contributed by atoms with Gasteiger partial charge in [0.15, 0.2) is 0 Å². The molecule has 0 radical (unpaired) electrons. The second-order valence-corrected chi connectivity index (χ2v) is 5.12. The lowest BCUT2D eigenvalue weighted by atomic mass is 9.71. The van der Waals surface area contributed by atoms with Gasteiger partial charge in [0, 0.05) is 10.0 Å². The van der Waals surface area contributed by atoms with E-state index in [0.29, 0.717) is 16.9 Å². The lowest BCUT2D eigenvalue weighted by molar-refractivity contribution is 0.183. The second-order valence-electron chi connectivity index (χ2n) is 4.27. The molecule has 1 aliphatic carbocycles. The SMILES string of the molecule is NCC1CCC1Cc1ccc(Cl)cc1Cl. The lowest BCUT2D eigenvalue weighted by Gasteiger charge is -2.36. The van der Waals surface area contributed by atoms with Crippen LogP contribution in [0.25, 0.3) is 0 Å². The molecule has 1 aromatic carbocycles. The first-order chi connectivity index (χ1) is 7.20. The van der Waals surface area contributed by atoms with Gasteiger partial charge in [0.2, 0.25) is 0 Å². The predicted octanol–water partition coefficient (Wildman–Crippen LogP) is 3.52. The topological polar surface area (TPSA) is 26.0 Å². The molecule has 1 aliphatic rings. The highest BCUT2D eigenvalue weighted by molar-refractivity contribution is 6.35. The molecule has 15 heavy (non-hydrogen) atoms. The van der Waals surface area contributed by atoms with Crippen molar-refractivity contribution in [3.8, 4) is 0 Å². The molecule has 0 aromatic heterocycles. The largest absolute Gasteiger partial charge is 0.330 e. The monoisotopic (exact) mass is 243 g/mol. The molecule has 0 amide bonds. The molecule has 1 aromatic rings. The first kappa shape index (κ1) is 11.3. The Labute approximate surface area is 101 Å². The van der Waals surface area contributed by atoms with Crippen LogP contribution in [0.3, 0.4) is 0 Å². The Kier molecular flexibility index (Phi) is 3.55. The van der Waals surface area contributed by atoms with E-state index >= 15 is 0 Å². The van der Waals surface area contributed by atoms with Gasteiger partial charge in [0.05, 0.1) is 0 Å². The molecular weight excluding hydrogens is 229 g/mol. The second kappa shape index (κ2) is 4.73. The Balaban J connectivity index is 2.04. The maximum atomic E-state index is 6.13. The van der Waals surface area contributed by atoms with Crippen molar-refractivity contribution in [2.45, 2.75) is 19.3 Å². The molecule has 82 valence electrons. The number of hydrogen-bond acceptors (Lipinski definition) is 1. The smallest absolute Gasteiger partial charge is 0.0452 e. The molecule has 2 atom stereocenters. The van der Waals surface area contributed by atoms with Crippen LogP contribution in [0, 0.1) is 11.8 Å². The molecule has 0 heterocycles. The predicted molar refractivity (Wildman–Crippen MR) is 65.4 cm³/mol. The summed E-state index contributed by atoms with van der Waals surface area (Å²) in [6, 6.07) is 5.74.